The Labute approximate surface area is 209 Å². The molecule has 0 unspecified atom stereocenters. The van der Waals surface area contributed by atoms with Crippen LogP contribution in [-0.2, 0) is 14.3 Å². The monoisotopic (exact) mass is 503 g/mol. The van der Waals surface area contributed by atoms with E-state index in [2.05, 4.69) is 20.3 Å². The molecule has 1 aromatic heterocycles. The van der Waals surface area contributed by atoms with Crippen LogP contribution in [0.2, 0.25) is 0 Å². The van der Waals surface area contributed by atoms with Gasteiger partial charge in [-0.15, -0.1) is 11.3 Å². The first-order chi connectivity index (χ1) is 16.3. The van der Waals surface area contributed by atoms with Gasteiger partial charge in [-0.05, 0) is 65.8 Å². The lowest BCUT2D eigenvalue weighted by atomic mass is 10.2. The maximum atomic E-state index is 11.9. The van der Waals surface area contributed by atoms with Crippen molar-refractivity contribution in [2.24, 2.45) is 15.7 Å². The molecule has 11 heteroatoms. The van der Waals surface area contributed by atoms with E-state index < -0.39 is 17.6 Å². The summed E-state index contributed by atoms with van der Waals surface area (Å²) in [6, 6.07) is 7.18. The van der Waals surface area contributed by atoms with Crippen LogP contribution in [0.3, 0.4) is 0 Å². The Morgan fingerprint density at radius 2 is 1.66 bits per heavy atom. The topological polar surface area (TPSA) is 153 Å². The molecule has 0 aliphatic rings. The van der Waals surface area contributed by atoms with Crippen LogP contribution in [0.15, 0.2) is 39.6 Å². The number of aromatic nitrogens is 1. The molecule has 190 valence electrons. The zero-order valence-corrected chi connectivity index (χ0v) is 22.1. The zero-order chi connectivity index (χ0) is 27.2. The number of ether oxygens (including phenoxy) is 1. The fourth-order valence-corrected chi connectivity index (χ4v) is 2.83. The van der Waals surface area contributed by atoms with Crippen LogP contribution in [0, 0.1) is 0 Å². The summed E-state index contributed by atoms with van der Waals surface area (Å²) in [5.41, 5.74) is 6.67. The molecule has 10 nitrogen and oxygen atoms in total. The summed E-state index contributed by atoms with van der Waals surface area (Å²) in [5.74, 6) is -1.01. The van der Waals surface area contributed by atoms with Gasteiger partial charge in [0.15, 0.2) is 0 Å². The Kier molecular flexibility index (Phi) is 13.6. The SMILES string of the molecule is CC.CC(=NC=O)C(N)=O.CC(C)=NC(=O)c1csc(-c2ccc(NC(=O)OC(C)(C)C)cc2)n1. The van der Waals surface area contributed by atoms with Gasteiger partial charge in [0, 0.05) is 22.3 Å². The molecule has 0 atom stereocenters. The molecule has 0 spiro atoms. The summed E-state index contributed by atoms with van der Waals surface area (Å²) < 4.78 is 5.21. The van der Waals surface area contributed by atoms with E-state index in [-0.39, 0.29) is 18.0 Å². The quantitative estimate of drug-likeness (QED) is 0.437. The second-order valence-corrected chi connectivity index (χ2v) is 8.65. The molecule has 0 fully saturated rings. The number of anilines is 1. The number of nitrogens with zero attached hydrogens (tertiary/aromatic N) is 3. The minimum absolute atomic E-state index is 0.0278. The van der Waals surface area contributed by atoms with Gasteiger partial charge >= 0.3 is 6.09 Å². The Balaban J connectivity index is 0.000000982. The molecule has 0 radical (unpaired) electrons. The first-order valence-electron chi connectivity index (χ1n) is 10.7. The van der Waals surface area contributed by atoms with E-state index in [0.29, 0.717) is 17.1 Å². The van der Waals surface area contributed by atoms with E-state index in [0.717, 1.165) is 10.6 Å². The minimum atomic E-state index is -0.669. The smallest absolute Gasteiger partial charge is 0.412 e. The predicted molar refractivity (Wildman–Crippen MR) is 140 cm³/mol. The third-order valence-electron chi connectivity index (χ3n) is 3.43. The van der Waals surface area contributed by atoms with Crippen molar-refractivity contribution in [2.45, 2.75) is 61.0 Å². The van der Waals surface area contributed by atoms with E-state index in [1.165, 1.54) is 18.3 Å². The third-order valence-corrected chi connectivity index (χ3v) is 4.32. The van der Waals surface area contributed by atoms with Crippen molar-refractivity contribution in [3.63, 3.8) is 0 Å². The molecule has 1 aromatic carbocycles. The van der Waals surface area contributed by atoms with Crippen molar-refractivity contribution < 1.29 is 23.9 Å². The highest BCUT2D eigenvalue weighted by atomic mass is 32.1. The normalized spacial score (nSPS) is 10.5. The highest BCUT2D eigenvalue weighted by Crippen LogP contribution is 2.25. The number of primary amides is 1. The molecule has 0 bridgehead atoms. The lowest BCUT2D eigenvalue weighted by Gasteiger charge is -2.19. The summed E-state index contributed by atoms with van der Waals surface area (Å²) in [6.45, 7) is 14.3. The molecule has 2 rings (SSSR count). The molecule has 4 amide bonds. The second-order valence-electron chi connectivity index (χ2n) is 7.79. The van der Waals surface area contributed by atoms with Crippen molar-refractivity contribution in [1.29, 1.82) is 0 Å². The van der Waals surface area contributed by atoms with Crippen LogP contribution in [-0.4, -0.2) is 46.3 Å². The van der Waals surface area contributed by atoms with E-state index in [1.54, 1.807) is 52.1 Å². The van der Waals surface area contributed by atoms with Crippen LogP contribution >= 0.6 is 11.3 Å². The zero-order valence-electron chi connectivity index (χ0n) is 21.3. The van der Waals surface area contributed by atoms with E-state index in [4.69, 9.17) is 10.5 Å². The first kappa shape index (κ1) is 31.3. The van der Waals surface area contributed by atoms with Crippen LogP contribution in [0.4, 0.5) is 10.5 Å². The lowest BCUT2D eigenvalue weighted by Crippen LogP contribution is -2.27. The molecule has 1 heterocycles. The van der Waals surface area contributed by atoms with Gasteiger partial charge in [0.25, 0.3) is 11.8 Å². The largest absolute Gasteiger partial charge is 0.444 e. The summed E-state index contributed by atoms with van der Waals surface area (Å²) in [7, 11) is 0. The number of carbonyl (C=O) groups is 4. The number of benzene rings is 1. The average molecular weight is 504 g/mol. The highest BCUT2D eigenvalue weighted by molar-refractivity contribution is 7.13. The van der Waals surface area contributed by atoms with Gasteiger partial charge < -0.3 is 10.5 Å². The van der Waals surface area contributed by atoms with Gasteiger partial charge in [0.1, 0.15) is 22.0 Å². The summed E-state index contributed by atoms with van der Waals surface area (Å²) in [4.78, 5) is 54.5. The molecule has 35 heavy (non-hydrogen) atoms. The number of aliphatic imine (C=N–C) groups is 2. The highest BCUT2D eigenvalue weighted by Gasteiger charge is 2.16. The predicted octanol–water partition coefficient (Wildman–Crippen LogP) is 4.89. The number of carbonyl (C=O) groups excluding carboxylic acids is 4. The second kappa shape index (κ2) is 15.2. The fourth-order valence-electron chi connectivity index (χ4n) is 2.03. The van der Waals surface area contributed by atoms with Gasteiger partial charge in [0.05, 0.1) is 0 Å². The molecule has 0 saturated heterocycles. The van der Waals surface area contributed by atoms with Gasteiger partial charge in [-0.3, -0.25) is 19.7 Å². The number of nitrogens with two attached hydrogens (primary N) is 1. The molecular weight excluding hydrogens is 470 g/mol. The Morgan fingerprint density at radius 1 is 1.09 bits per heavy atom. The average Bonchev–Trinajstić information content (AvgIpc) is 3.25. The van der Waals surface area contributed by atoms with Gasteiger partial charge in [-0.2, -0.15) is 0 Å². The molecule has 0 aliphatic heterocycles. The van der Waals surface area contributed by atoms with Crippen molar-refractivity contribution in [3.8, 4) is 10.6 Å². The maximum Gasteiger partial charge on any atom is 0.412 e. The van der Waals surface area contributed by atoms with Gasteiger partial charge in [-0.1, -0.05) is 13.8 Å². The number of nitrogens with one attached hydrogen (secondary N) is 1. The Hall–Kier alpha value is -3.73. The minimum Gasteiger partial charge on any atom is -0.444 e. The van der Waals surface area contributed by atoms with Crippen LogP contribution in [0.1, 0.15) is 65.9 Å². The molecule has 0 saturated carbocycles. The van der Waals surface area contributed by atoms with Crippen molar-refractivity contribution in [1.82, 2.24) is 4.98 Å². The van der Waals surface area contributed by atoms with Crippen molar-refractivity contribution >= 4 is 52.8 Å². The van der Waals surface area contributed by atoms with Crippen LogP contribution < -0.4 is 11.1 Å². The van der Waals surface area contributed by atoms with Crippen molar-refractivity contribution in [3.05, 3.63) is 35.3 Å². The number of rotatable bonds is 5. The van der Waals surface area contributed by atoms with Gasteiger partial charge in [-0.25, -0.2) is 19.8 Å². The summed E-state index contributed by atoms with van der Waals surface area (Å²) in [6.07, 6.45) is -0.227. The van der Waals surface area contributed by atoms with Gasteiger partial charge in [0.2, 0.25) is 6.41 Å². The molecule has 3 N–H and O–H groups in total. The standard InChI is InChI=1S/C18H21N3O3S.C4H6N2O2.C2H6/c1-11(2)19-15(22)14-10-25-16(21-14)12-6-8-13(9-7-12)20-17(23)24-18(3,4)5;1-3(4(5)8)6-2-7;1-2/h6-10H,1-5H3,(H,20,23);2H,1H3,(H2,5,8);1-2H3. The molecule has 0 aliphatic carbocycles. The van der Waals surface area contributed by atoms with Crippen LogP contribution in [0.25, 0.3) is 10.6 Å². The Bertz CT molecular complexity index is 1060. The summed E-state index contributed by atoms with van der Waals surface area (Å²) in [5, 5.41) is 5.08. The third kappa shape index (κ3) is 12.9. The van der Waals surface area contributed by atoms with Crippen molar-refractivity contribution in [2.75, 3.05) is 5.32 Å². The summed E-state index contributed by atoms with van der Waals surface area (Å²) >= 11 is 1.37. The van der Waals surface area contributed by atoms with E-state index >= 15 is 0 Å². The lowest BCUT2D eigenvalue weighted by molar-refractivity contribution is -0.112. The molecular formula is C24H33N5O5S. The number of amides is 4. The maximum absolute atomic E-state index is 11.9. The molecule has 2 aromatic rings. The number of hydrogen-bond donors (Lipinski definition) is 2. The Morgan fingerprint density at radius 3 is 2.09 bits per heavy atom. The fraction of sp³-hybridized carbons (Fsp3) is 0.375. The number of hydrogen-bond acceptors (Lipinski definition) is 7. The van der Waals surface area contributed by atoms with Crippen LogP contribution in [0.5, 0.6) is 0 Å². The van der Waals surface area contributed by atoms with E-state index in [1.807, 2.05) is 26.0 Å². The number of thiazole rings is 1. The first-order valence-corrected chi connectivity index (χ1v) is 11.6. The van der Waals surface area contributed by atoms with E-state index in [9.17, 15) is 19.2 Å².